The van der Waals surface area contributed by atoms with Crippen molar-refractivity contribution in [2.75, 3.05) is 19.7 Å². The number of piperidine rings is 1. The second-order valence-corrected chi connectivity index (χ2v) is 8.32. The standard InChI is InChI=1S/C22H30F2N2O3/c1-2-16-3-5-18(6-4-16)22(28,19-7-10-21(23,24)13-19)20(27)29-14-17-8-11-26(15-25)12-9-17/h3-6,15,17,19,25,28H,2,7-14H2,1H3/t19-,22+/m1/s1. The summed E-state index contributed by atoms with van der Waals surface area (Å²) in [5.74, 6) is -4.44. The summed E-state index contributed by atoms with van der Waals surface area (Å²) in [6.07, 6.45) is 2.90. The minimum atomic E-state index is -2.87. The lowest BCUT2D eigenvalue weighted by molar-refractivity contribution is -0.176. The van der Waals surface area contributed by atoms with Gasteiger partial charge in [-0.2, -0.15) is 0 Å². The quantitative estimate of drug-likeness (QED) is 0.410. The highest BCUT2D eigenvalue weighted by atomic mass is 19.3. The lowest BCUT2D eigenvalue weighted by atomic mass is 9.79. The molecule has 0 amide bonds. The molecule has 1 saturated carbocycles. The average Bonchev–Trinajstić information content (AvgIpc) is 3.11. The van der Waals surface area contributed by atoms with E-state index in [0.717, 1.165) is 37.9 Å². The molecule has 2 N–H and O–H groups in total. The van der Waals surface area contributed by atoms with Gasteiger partial charge in [0.05, 0.1) is 12.9 Å². The maximum absolute atomic E-state index is 13.9. The number of halogens is 2. The number of esters is 1. The zero-order valence-corrected chi connectivity index (χ0v) is 16.9. The molecule has 1 saturated heterocycles. The number of benzene rings is 1. The topological polar surface area (TPSA) is 73.6 Å². The Balaban J connectivity index is 1.75. The summed E-state index contributed by atoms with van der Waals surface area (Å²) in [5, 5.41) is 18.7. The SMILES string of the molecule is CCc1ccc([C@@](O)(C(=O)OCC2CCN(C=N)CC2)[C@@H]2CCC(F)(F)C2)cc1. The number of likely N-dealkylation sites (tertiary alicyclic amines) is 1. The number of aryl methyl sites for hydroxylation is 1. The lowest BCUT2D eigenvalue weighted by Crippen LogP contribution is -2.45. The lowest BCUT2D eigenvalue weighted by Gasteiger charge is -2.34. The van der Waals surface area contributed by atoms with E-state index < -0.39 is 29.8 Å². The molecule has 1 aromatic carbocycles. The Morgan fingerprint density at radius 1 is 1.31 bits per heavy atom. The van der Waals surface area contributed by atoms with Crippen molar-refractivity contribution in [3.63, 3.8) is 0 Å². The third-order valence-electron chi connectivity index (χ3n) is 6.39. The number of rotatable bonds is 7. The van der Waals surface area contributed by atoms with Gasteiger partial charge in [-0.1, -0.05) is 31.2 Å². The summed E-state index contributed by atoms with van der Waals surface area (Å²) in [7, 11) is 0. The predicted octanol–water partition coefficient (Wildman–Crippen LogP) is 3.73. The van der Waals surface area contributed by atoms with Crippen molar-refractivity contribution in [1.82, 2.24) is 4.90 Å². The van der Waals surface area contributed by atoms with Gasteiger partial charge in [-0.3, -0.25) is 5.41 Å². The molecule has 0 spiro atoms. The molecule has 5 nitrogen and oxygen atoms in total. The maximum Gasteiger partial charge on any atom is 0.343 e. The molecule has 0 aromatic heterocycles. The Morgan fingerprint density at radius 2 is 1.97 bits per heavy atom. The van der Waals surface area contributed by atoms with Crippen LogP contribution in [-0.4, -0.2) is 47.9 Å². The normalized spacial score (nSPS) is 24.1. The first-order valence-electron chi connectivity index (χ1n) is 10.4. The van der Waals surface area contributed by atoms with Crippen LogP contribution in [0.1, 0.15) is 50.2 Å². The average molecular weight is 408 g/mol. The molecule has 0 bridgehead atoms. The maximum atomic E-state index is 13.9. The molecule has 1 aromatic rings. The van der Waals surface area contributed by atoms with E-state index >= 15 is 0 Å². The van der Waals surface area contributed by atoms with E-state index in [1.807, 2.05) is 24.0 Å². The Morgan fingerprint density at radius 3 is 2.48 bits per heavy atom. The van der Waals surface area contributed by atoms with E-state index in [4.69, 9.17) is 10.1 Å². The number of carbonyl (C=O) groups is 1. The Kier molecular flexibility index (Phi) is 6.56. The first kappa shape index (κ1) is 21.7. The number of aliphatic hydroxyl groups is 1. The second kappa shape index (κ2) is 8.78. The van der Waals surface area contributed by atoms with Crippen LogP contribution in [0.25, 0.3) is 0 Å². The molecule has 1 aliphatic heterocycles. The molecule has 2 aliphatic rings. The van der Waals surface area contributed by atoms with Crippen molar-refractivity contribution in [2.24, 2.45) is 11.8 Å². The molecule has 160 valence electrons. The van der Waals surface area contributed by atoms with Crippen molar-refractivity contribution in [3.05, 3.63) is 35.4 Å². The Bertz CT molecular complexity index is 717. The van der Waals surface area contributed by atoms with E-state index in [0.29, 0.717) is 5.56 Å². The van der Waals surface area contributed by atoms with E-state index in [1.165, 1.54) is 6.34 Å². The van der Waals surface area contributed by atoms with Crippen LogP contribution in [0.5, 0.6) is 0 Å². The molecule has 1 aliphatic carbocycles. The first-order valence-corrected chi connectivity index (χ1v) is 10.4. The molecule has 1 heterocycles. The number of alkyl halides is 2. The van der Waals surface area contributed by atoms with Gasteiger partial charge in [-0.25, -0.2) is 13.6 Å². The summed E-state index contributed by atoms with van der Waals surface area (Å²) in [6.45, 7) is 3.60. The monoisotopic (exact) mass is 408 g/mol. The number of hydrogen-bond donors (Lipinski definition) is 2. The Hall–Kier alpha value is -2.02. The summed E-state index contributed by atoms with van der Waals surface area (Å²) in [4.78, 5) is 14.9. The molecule has 2 atom stereocenters. The first-order chi connectivity index (χ1) is 13.8. The zero-order valence-electron chi connectivity index (χ0n) is 16.9. The van der Waals surface area contributed by atoms with Crippen molar-refractivity contribution in [1.29, 1.82) is 5.41 Å². The van der Waals surface area contributed by atoms with E-state index in [9.17, 15) is 18.7 Å². The van der Waals surface area contributed by atoms with Gasteiger partial charge in [0.15, 0.2) is 5.60 Å². The number of nitrogens with zero attached hydrogens (tertiary/aromatic N) is 1. The summed E-state index contributed by atoms with van der Waals surface area (Å²) >= 11 is 0. The number of nitrogens with one attached hydrogen (secondary N) is 1. The van der Waals surface area contributed by atoms with E-state index in [-0.39, 0.29) is 25.4 Å². The fourth-order valence-electron chi connectivity index (χ4n) is 4.37. The number of hydrogen-bond acceptors (Lipinski definition) is 4. The predicted molar refractivity (Wildman–Crippen MR) is 106 cm³/mol. The van der Waals surface area contributed by atoms with Gasteiger partial charge in [0, 0.05) is 31.8 Å². The van der Waals surface area contributed by atoms with Crippen LogP contribution in [0, 0.1) is 17.2 Å². The van der Waals surface area contributed by atoms with Crippen molar-refractivity contribution in [3.8, 4) is 0 Å². The minimum absolute atomic E-state index is 0.0753. The molecular formula is C22H30F2N2O3. The van der Waals surface area contributed by atoms with Gasteiger partial charge in [-0.05, 0) is 42.7 Å². The van der Waals surface area contributed by atoms with Crippen LogP contribution in [0.15, 0.2) is 24.3 Å². The highest BCUT2D eigenvalue weighted by Crippen LogP contribution is 2.48. The largest absolute Gasteiger partial charge is 0.463 e. The highest BCUT2D eigenvalue weighted by molar-refractivity contribution is 5.81. The summed E-state index contributed by atoms with van der Waals surface area (Å²) in [6, 6.07) is 6.93. The summed E-state index contributed by atoms with van der Waals surface area (Å²) < 4.78 is 33.3. The molecule has 0 unspecified atom stereocenters. The van der Waals surface area contributed by atoms with Gasteiger partial charge >= 0.3 is 5.97 Å². The van der Waals surface area contributed by atoms with Crippen LogP contribution in [0.3, 0.4) is 0 Å². The van der Waals surface area contributed by atoms with Gasteiger partial charge in [-0.15, -0.1) is 0 Å². The van der Waals surface area contributed by atoms with Crippen molar-refractivity contribution >= 4 is 12.3 Å². The fraction of sp³-hybridized carbons (Fsp3) is 0.636. The van der Waals surface area contributed by atoms with Crippen LogP contribution in [-0.2, 0) is 21.6 Å². The van der Waals surface area contributed by atoms with Gasteiger partial charge in [0.2, 0.25) is 5.92 Å². The molecule has 29 heavy (non-hydrogen) atoms. The van der Waals surface area contributed by atoms with Crippen LogP contribution in [0.4, 0.5) is 8.78 Å². The van der Waals surface area contributed by atoms with E-state index in [2.05, 4.69) is 0 Å². The molecule has 3 rings (SSSR count). The van der Waals surface area contributed by atoms with Crippen molar-refractivity contribution < 1.29 is 23.4 Å². The van der Waals surface area contributed by atoms with Crippen LogP contribution in [0.2, 0.25) is 0 Å². The molecular weight excluding hydrogens is 378 g/mol. The van der Waals surface area contributed by atoms with Gasteiger partial charge in [0.1, 0.15) is 0 Å². The van der Waals surface area contributed by atoms with E-state index in [1.54, 1.807) is 12.1 Å². The van der Waals surface area contributed by atoms with Gasteiger partial charge in [0.25, 0.3) is 0 Å². The highest BCUT2D eigenvalue weighted by Gasteiger charge is 2.54. The smallest absolute Gasteiger partial charge is 0.343 e. The molecule has 7 heteroatoms. The zero-order chi connectivity index (χ0) is 21.1. The third-order valence-corrected chi connectivity index (χ3v) is 6.39. The van der Waals surface area contributed by atoms with Crippen LogP contribution < -0.4 is 0 Å². The number of ether oxygens (including phenoxy) is 1. The molecule has 0 radical (unpaired) electrons. The second-order valence-electron chi connectivity index (χ2n) is 8.32. The third kappa shape index (κ3) is 4.77. The van der Waals surface area contributed by atoms with Gasteiger partial charge < -0.3 is 14.7 Å². The fourth-order valence-corrected chi connectivity index (χ4v) is 4.37. The van der Waals surface area contributed by atoms with Crippen LogP contribution >= 0.6 is 0 Å². The molecule has 2 fully saturated rings. The minimum Gasteiger partial charge on any atom is -0.463 e. The number of carbonyl (C=O) groups excluding carboxylic acids is 1. The van der Waals surface area contributed by atoms with Crippen molar-refractivity contribution in [2.45, 2.75) is 57.0 Å². The Labute approximate surface area is 170 Å². The summed E-state index contributed by atoms with van der Waals surface area (Å²) in [5.41, 5.74) is -0.706.